The Morgan fingerprint density at radius 1 is 1.38 bits per heavy atom. The largest absolute Gasteiger partial charge is 0.504 e. The zero-order chi connectivity index (χ0) is 15.6. The summed E-state index contributed by atoms with van der Waals surface area (Å²) in [4.78, 5) is 24.7. The van der Waals surface area contributed by atoms with Crippen molar-refractivity contribution < 1.29 is 19.4 Å². The van der Waals surface area contributed by atoms with Gasteiger partial charge in [0.1, 0.15) is 5.70 Å². The maximum absolute atomic E-state index is 12.0. The van der Waals surface area contributed by atoms with Gasteiger partial charge < -0.3 is 15.2 Å². The van der Waals surface area contributed by atoms with Crippen LogP contribution in [0.15, 0.2) is 17.8 Å². The van der Waals surface area contributed by atoms with Crippen LogP contribution in [0.4, 0.5) is 4.79 Å². The van der Waals surface area contributed by atoms with Gasteiger partial charge in [0.25, 0.3) is 5.91 Å². The van der Waals surface area contributed by atoms with Gasteiger partial charge in [-0.15, -0.1) is 0 Å². The lowest BCUT2D eigenvalue weighted by Gasteiger charge is -2.09. The van der Waals surface area contributed by atoms with Gasteiger partial charge in [0.15, 0.2) is 11.5 Å². The highest BCUT2D eigenvalue weighted by atomic mass is 127. The number of imide groups is 1. The van der Waals surface area contributed by atoms with E-state index in [-0.39, 0.29) is 17.4 Å². The molecule has 1 aliphatic rings. The molecule has 0 bridgehead atoms. The van der Waals surface area contributed by atoms with Gasteiger partial charge in [0.2, 0.25) is 0 Å². The summed E-state index contributed by atoms with van der Waals surface area (Å²) in [6.07, 6.45) is 1.57. The number of likely N-dealkylation sites (N-methyl/N-ethyl adjacent to an activating group) is 1. The first-order chi connectivity index (χ1) is 9.97. The molecule has 0 spiro atoms. The van der Waals surface area contributed by atoms with Gasteiger partial charge in [-0.25, -0.2) is 4.79 Å². The maximum atomic E-state index is 12.0. The number of benzene rings is 1. The molecular formula is C14H15IN2O4. The number of nitrogens with zero attached hydrogens (tertiary/aromatic N) is 1. The minimum Gasteiger partial charge on any atom is -0.504 e. The summed E-state index contributed by atoms with van der Waals surface area (Å²) in [5, 5.41) is 12.4. The van der Waals surface area contributed by atoms with Crippen LogP contribution < -0.4 is 10.1 Å². The van der Waals surface area contributed by atoms with Gasteiger partial charge in [-0.05, 0) is 60.2 Å². The van der Waals surface area contributed by atoms with Crippen molar-refractivity contribution in [1.82, 2.24) is 10.2 Å². The third kappa shape index (κ3) is 3.12. The van der Waals surface area contributed by atoms with Crippen LogP contribution in [-0.2, 0) is 4.79 Å². The quantitative estimate of drug-likeness (QED) is 0.460. The molecule has 1 aromatic rings. The van der Waals surface area contributed by atoms with Crippen LogP contribution in [0, 0.1) is 3.57 Å². The number of ether oxygens (including phenoxy) is 1. The second kappa shape index (κ2) is 6.33. The smallest absolute Gasteiger partial charge is 0.328 e. The molecule has 2 rings (SSSR count). The maximum Gasteiger partial charge on any atom is 0.328 e. The standard InChI is InChI=1S/C14H15IN2O4/c1-3-17-13(19)10(16-14(17)20)6-8-5-9(15)12(18)11(7-8)21-4-2/h5-7,18H,3-4H2,1-2H3,(H,16,20)/b10-6-. The first kappa shape index (κ1) is 15.6. The molecule has 0 aliphatic carbocycles. The highest BCUT2D eigenvalue weighted by molar-refractivity contribution is 14.1. The topological polar surface area (TPSA) is 78.9 Å². The second-order valence-electron chi connectivity index (χ2n) is 4.32. The number of carbonyl (C=O) groups is 2. The lowest BCUT2D eigenvalue weighted by Crippen LogP contribution is -2.30. The Labute approximate surface area is 135 Å². The number of rotatable bonds is 4. The highest BCUT2D eigenvalue weighted by Gasteiger charge is 2.32. The van der Waals surface area contributed by atoms with Gasteiger partial charge in [0.05, 0.1) is 10.2 Å². The molecule has 1 fully saturated rings. The Balaban J connectivity index is 2.37. The van der Waals surface area contributed by atoms with Gasteiger partial charge in [-0.1, -0.05) is 0 Å². The molecule has 1 aromatic carbocycles. The minimum atomic E-state index is -0.424. The van der Waals surface area contributed by atoms with Crippen LogP contribution in [0.1, 0.15) is 19.4 Å². The lowest BCUT2D eigenvalue weighted by molar-refractivity contribution is -0.122. The monoisotopic (exact) mass is 402 g/mol. The molecule has 1 heterocycles. The summed E-state index contributed by atoms with van der Waals surface area (Å²) in [7, 11) is 0. The Hall–Kier alpha value is -1.77. The number of amides is 3. The SMILES string of the molecule is CCOc1cc(/C=C2\NC(=O)N(CC)C2=O)cc(I)c1O. The molecule has 21 heavy (non-hydrogen) atoms. The van der Waals surface area contributed by atoms with Gasteiger partial charge in [-0.2, -0.15) is 0 Å². The number of urea groups is 1. The fraction of sp³-hybridized carbons (Fsp3) is 0.286. The van der Waals surface area contributed by atoms with E-state index in [1.165, 1.54) is 0 Å². The van der Waals surface area contributed by atoms with E-state index in [9.17, 15) is 14.7 Å². The van der Waals surface area contributed by atoms with Crippen molar-refractivity contribution in [2.75, 3.05) is 13.2 Å². The van der Waals surface area contributed by atoms with Gasteiger partial charge >= 0.3 is 6.03 Å². The molecule has 1 aliphatic heterocycles. The second-order valence-corrected chi connectivity index (χ2v) is 5.48. The van der Waals surface area contributed by atoms with Gasteiger partial charge in [-0.3, -0.25) is 9.69 Å². The summed E-state index contributed by atoms with van der Waals surface area (Å²) in [6, 6.07) is 2.91. The molecular weight excluding hydrogens is 387 g/mol. The molecule has 0 aromatic heterocycles. The Bertz CT molecular complexity index is 628. The van der Waals surface area contributed by atoms with Crippen LogP contribution in [0.3, 0.4) is 0 Å². The van der Waals surface area contributed by atoms with Crippen molar-refractivity contribution in [2.45, 2.75) is 13.8 Å². The number of phenols is 1. The summed E-state index contributed by atoms with van der Waals surface area (Å²) in [6.45, 7) is 4.29. The number of nitrogens with one attached hydrogen (secondary N) is 1. The van der Waals surface area contributed by atoms with Gasteiger partial charge in [0, 0.05) is 6.54 Å². The number of aromatic hydroxyl groups is 1. The molecule has 1 saturated heterocycles. The molecule has 0 saturated carbocycles. The summed E-state index contributed by atoms with van der Waals surface area (Å²) >= 11 is 1.98. The van der Waals surface area contributed by atoms with E-state index in [1.54, 1.807) is 25.1 Å². The van der Waals surface area contributed by atoms with Crippen molar-refractivity contribution in [3.63, 3.8) is 0 Å². The first-order valence-electron chi connectivity index (χ1n) is 6.47. The predicted octanol–water partition coefficient (Wildman–Crippen LogP) is 2.31. The molecule has 3 amide bonds. The van der Waals surface area contributed by atoms with Crippen LogP contribution in [-0.4, -0.2) is 35.1 Å². The number of carbonyl (C=O) groups excluding carboxylic acids is 2. The van der Waals surface area contributed by atoms with E-state index in [0.29, 0.717) is 28.0 Å². The average Bonchev–Trinajstić information content (AvgIpc) is 2.70. The highest BCUT2D eigenvalue weighted by Crippen LogP contribution is 2.33. The van der Waals surface area contributed by atoms with E-state index in [1.807, 2.05) is 29.5 Å². The van der Waals surface area contributed by atoms with Crippen molar-refractivity contribution in [3.8, 4) is 11.5 Å². The van der Waals surface area contributed by atoms with E-state index in [0.717, 1.165) is 4.90 Å². The minimum absolute atomic E-state index is 0.0663. The number of hydrogen-bond donors (Lipinski definition) is 2. The molecule has 6 nitrogen and oxygen atoms in total. The van der Waals surface area contributed by atoms with Crippen LogP contribution >= 0.6 is 22.6 Å². The molecule has 2 N–H and O–H groups in total. The molecule has 112 valence electrons. The van der Waals surface area contributed by atoms with E-state index in [2.05, 4.69) is 5.32 Å². The Morgan fingerprint density at radius 3 is 2.67 bits per heavy atom. The fourth-order valence-electron chi connectivity index (χ4n) is 1.97. The zero-order valence-corrected chi connectivity index (χ0v) is 13.8. The van der Waals surface area contributed by atoms with Crippen molar-refractivity contribution in [2.24, 2.45) is 0 Å². The Morgan fingerprint density at radius 2 is 2.10 bits per heavy atom. The Kier molecular flexibility index (Phi) is 4.71. The molecule has 0 atom stereocenters. The van der Waals surface area contributed by atoms with E-state index >= 15 is 0 Å². The van der Waals surface area contributed by atoms with Crippen LogP contribution in [0.25, 0.3) is 6.08 Å². The molecule has 0 unspecified atom stereocenters. The summed E-state index contributed by atoms with van der Waals surface area (Å²) in [5.41, 5.74) is 0.882. The van der Waals surface area contributed by atoms with E-state index < -0.39 is 6.03 Å². The van der Waals surface area contributed by atoms with E-state index in [4.69, 9.17) is 4.74 Å². The number of phenolic OH excluding ortho intramolecular Hbond substituents is 1. The third-order valence-electron chi connectivity index (χ3n) is 2.94. The first-order valence-corrected chi connectivity index (χ1v) is 7.55. The third-order valence-corrected chi connectivity index (χ3v) is 3.76. The van der Waals surface area contributed by atoms with Crippen LogP contribution in [0.2, 0.25) is 0 Å². The summed E-state index contributed by atoms with van der Waals surface area (Å²) < 4.78 is 5.95. The fourth-order valence-corrected chi connectivity index (χ4v) is 2.59. The normalized spacial score (nSPS) is 16.5. The number of hydrogen-bond acceptors (Lipinski definition) is 4. The van der Waals surface area contributed by atoms with Crippen molar-refractivity contribution in [3.05, 3.63) is 27.0 Å². The zero-order valence-electron chi connectivity index (χ0n) is 11.6. The van der Waals surface area contributed by atoms with Crippen molar-refractivity contribution >= 4 is 40.6 Å². The lowest BCUT2D eigenvalue weighted by atomic mass is 10.1. The number of halogens is 1. The molecule has 7 heteroatoms. The predicted molar refractivity (Wildman–Crippen MR) is 85.9 cm³/mol. The summed E-state index contributed by atoms with van der Waals surface area (Å²) in [5.74, 6) is 0.0560. The van der Waals surface area contributed by atoms with Crippen LogP contribution in [0.5, 0.6) is 11.5 Å². The average molecular weight is 402 g/mol. The molecule has 0 radical (unpaired) electrons. The van der Waals surface area contributed by atoms with Crippen molar-refractivity contribution in [1.29, 1.82) is 0 Å².